The quantitative estimate of drug-likeness (QED) is 0.780. The summed E-state index contributed by atoms with van der Waals surface area (Å²) >= 11 is 0.971. The number of carbonyl (C=O) groups is 2. The molecule has 0 spiro atoms. The van der Waals surface area contributed by atoms with Crippen LogP contribution in [0.5, 0.6) is 0 Å². The van der Waals surface area contributed by atoms with E-state index in [1.165, 1.54) is 6.92 Å². The van der Waals surface area contributed by atoms with Crippen molar-refractivity contribution >= 4 is 22.7 Å². The molecule has 1 aromatic rings. The van der Waals surface area contributed by atoms with Crippen LogP contribution in [0, 0.1) is 0 Å². The maximum absolute atomic E-state index is 11.5. The summed E-state index contributed by atoms with van der Waals surface area (Å²) in [6.45, 7) is 3.20. The van der Waals surface area contributed by atoms with Crippen molar-refractivity contribution in [3.63, 3.8) is 0 Å². The summed E-state index contributed by atoms with van der Waals surface area (Å²) in [4.78, 5) is 22.2. The van der Waals surface area contributed by atoms with Crippen molar-refractivity contribution in [2.24, 2.45) is 0 Å². The number of carbonyl (C=O) groups excluding carboxylic acids is 2. The number of benzene rings is 1. The molecule has 0 heterocycles. The summed E-state index contributed by atoms with van der Waals surface area (Å²) in [5.74, 6) is 0.181. The molecular formula is C14H18O4S. The topological polar surface area (TPSA) is 74.6 Å². The Balaban J connectivity index is 2.69. The van der Waals surface area contributed by atoms with E-state index < -0.39 is 12.2 Å². The molecule has 0 aromatic heterocycles. The van der Waals surface area contributed by atoms with Gasteiger partial charge in [0.25, 0.3) is 0 Å². The lowest BCUT2D eigenvalue weighted by Gasteiger charge is -2.17. The maximum atomic E-state index is 11.5. The molecular weight excluding hydrogens is 264 g/mol. The average molecular weight is 282 g/mol. The van der Waals surface area contributed by atoms with E-state index in [-0.39, 0.29) is 16.7 Å². The summed E-state index contributed by atoms with van der Waals surface area (Å²) in [6.07, 6.45) is -1.64. The Kier molecular flexibility index (Phi) is 6.21. The lowest BCUT2D eigenvalue weighted by molar-refractivity contribution is -0.109. The van der Waals surface area contributed by atoms with Crippen molar-refractivity contribution in [1.29, 1.82) is 0 Å². The fourth-order valence-electron chi connectivity index (χ4n) is 1.59. The number of hydrogen-bond donors (Lipinski definition) is 2. The Morgan fingerprint density at radius 1 is 1.21 bits per heavy atom. The Morgan fingerprint density at radius 3 is 2.26 bits per heavy atom. The second-order valence-electron chi connectivity index (χ2n) is 4.21. The van der Waals surface area contributed by atoms with Crippen molar-refractivity contribution in [3.05, 3.63) is 35.4 Å². The lowest BCUT2D eigenvalue weighted by atomic mass is 10.0. The second-order valence-corrected chi connectivity index (χ2v) is 5.41. The first kappa shape index (κ1) is 15.9. The van der Waals surface area contributed by atoms with Gasteiger partial charge in [0.1, 0.15) is 6.10 Å². The zero-order valence-corrected chi connectivity index (χ0v) is 11.8. The van der Waals surface area contributed by atoms with Gasteiger partial charge in [0.05, 0.1) is 6.10 Å². The molecule has 0 bridgehead atoms. The van der Waals surface area contributed by atoms with Crippen molar-refractivity contribution in [2.75, 3.05) is 5.75 Å². The molecule has 0 aliphatic carbocycles. The monoisotopic (exact) mass is 282 g/mol. The first-order chi connectivity index (χ1) is 8.95. The van der Waals surface area contributed by atoms with Gasteiger partial charge in [0.15, 0.2) is 10.9 Å². The van der Waals surface area contributed by atoms with E-state index in [9.17, 15) is 19.8 Å². The SMILES string of the molecule is CCC(=O)c1ccc(C(O)C(O)CSC(C)=O)cc1. The number of ketones is 1. The van der Waals surface area contributed by atoms with Crippen LogP contribution in [-0.2, 0) is 4.79 Å². The van der Waals surface area contributed by atoms with E-state index in [2.05, 4.69) is 0 Å². The largest absolute Gasteiger partial charge is 0.389 e. The molecule has 2 N–H and O–H groups in total. The van der Waals surface area contributed by atoms with Gasteiger partial charge in [0.2, 0.25) is 0 Å². The number of rotatable bonds is 6. The Labute approximate surface area is 116 Å². The molecule has 2 atom stereocenters. The van der Waals surface area contributed by atoms with Gasteiger partial charge in [-0.2, -0.15) is 0 Å². The second kappa shape index (κ2) is 7.43. The number of Topliss-reactive ketones (excluding diaryl/α,β-unsaturated/α-hetero) is 1. The van der Waals surface area contributed by atoms with Gasteiger partial charge in [-0.15, -0.1) is 0 Å². The minimum atomic E-state index is -1.06. The molecule has 0 radical (unpaired) electrons. The smallest absolute Gasteiger partial charge is 0.185 e. The van der Waals surface area contributed by atoms with E-state index in [4.69, 9.17) is 0 Å². The molecule has 0 aliphatic rings. The molecule has 2 unspecified atom stereocenters. The van der Waals surface area contributed by atoms with E-state index >= 15 is 0 Å². The number of hydrogen-bond acceptors (Lipinski definition) is 5. The highest BCUT2D eigenvalue weighted by Gasteiger charge is 2.19. The molecule has 0 saturated heterocycles. The highest BCUT2D eigenvalue weighted by Crippen LogP contribution is 2.21. The average Bonchev–Trinajstić information content (AvgIpc) is 2.43. The van der Waals surface area contributed by atoms with E-state index in [1.807, 2.05) is 0 Å². The minimum absolute atomic E-state index is 0.0359. The molecule has 1 aromatic carbocycles. The predicted octanol–water partition coefficient (Wildman–Crippen LogP) is 1.95. The van der Waals surface area contributed by atoms with Crippen LogP contribution < -0.4 is 0 Å². The van der Waals surface area contributed by atoms with Gasteiger partial charge >= 0.3 is 0 Å². The fraction of sp³-hybridized carbons (Fsp3) is 0.429. The van der Waals surface area contributed by atoms with Gasteiger partial charge in [-0.3, -0.25) is 9.59 Å². The van der Waals surface area contributed by atoms with Crippen molar-refractivity contribution < 1.29 is 19.8 Å². The summed E-state index contributed by atoms with van der Waals surface area (Å²) < 4.78 is 0. The van der Waals surface area contributed by atoms with Crippen molar-refractivity contribution in [3.8, 4) is 0 Å². The fourth-order valence-corrected chi connectivity index (χ4v) is 2.17. The number of aliphatic hydroxyl groups excluding tert-OH is 2. The summed E-state index contributed by atoms with van der Waals surface area (Å²) in [6, 6.07) is 6.51. The van der Waals surface area contributed by atoms with Crippen molar-refractivity contribution in [2.45, 2.75) is 32.5 Å². The Bertz CT molecular complexity index is 441. The third-order valence-corrected chi connectivity index (χ3v) is 3.63. The van der Waals surface area contributed by atoms with Crippen LogP contribution in [0.15, 0.2) is 24.3 Å². The number of thioether (sulfide) groups is 1. The van der Waals surface area contributed by atoms with Crippen LogP contribution in [0.3, 0.4) is 0 Å². The van der Waals surface area contributed by atoms with Crippen LogP contribution in [0.4, 0.5) is 0 Å². The Hall–Kier alpha value is -1.17. The van der Waals surface area contributed by atoms with Crippen LogP contribution >= 0.6 is 11.8 Å². The van der Waals surface area contributed by atoms with E-state index in [0.29, 0.717) is 17.5 Å². The molecule has 104 valence electrons. The van der Waals surface area contributed by atoms with Crippen molar-refractivity contribution in [1.82, 2.24) is 0 Å². The number of aliphatic hydroxyl groups is 2. The normalized spacial score (nSPS) is 13.9. The first-order valence-electron chi connectivity index (χ1n) is 6.08. The Morgan fingerprint density at radius 2 is 1.79 bits per heavy atom. The highest BCUT2D eigenvalue weighted by atomic mass is 32.2. The molecule has 5 heteroatoms. The highest BCUT2D eigenvalue weighted by molar-refractivity contribution is 8.13. The summed E-state index contributed by atoms with van der Waals surface area (Å²) in [7, 11) is 0. The third kappa shape index (κ3) is 4.78. The summed E-state index contributed by atoms with van der Waals surface area (Å²) in [5, 5.41) is 19.6. The van der Waals surface area contributed by atoms with Gasteiger partial charge in [0, 0.05) is 24.7 Å². The molecule has 0 saturated carbocycles. The maximum Gasteiger partial charge on any atom is 0.185 e. The van der Waals surface area contributed by atoms with Gasteiger partial charge in [-0.05, 0) is 5.56 Å². The van der Waals surface area contributed by atoms with Gasteiger partial charge < -0.3 is 10.2 Å². The molecule has 0 amide bonds. The minimum Gasteiger partial charge on any atom is -0.389 e. The molecule has 0 fully saturated rings. The first-order valence-corrected chi connectivity index (χ1v) is 7.07. The van der Waals surface area contributed by atoms with Crippen LogP contribution in [0.1, 0.15) is 42.3 Å². The van der Waals surface area contributed by atoms with Crippen LogP contribution in [-0.4, -0.2) is 33.0 Å². The standard InChI is InChI=1S/C14H18O4S/c1-3-12(16)10-4-6-11(7-5-10)14(18)13(17)8-19-9(2)15/h4-7,13-14,17-18H,3,8H2,1-2H3. The lowest BCUT2D eigenvalue weighted by Crippen LogP contribution is -2.21. The molecule has 1 rings (SSSR count). The third-order valence-electron chi connectivity index (χ3n) is 2.72. The molecule has 4 nitrogen and oxygen atoms in total. The molecule has 0 aliphatic heterocycles. The van der Waals surface area contributed by atoms with Gasteiger partial charge in [-0.1, -0.05) is 43.0 Å². The van der Waals surface area contributed by atoms with E-state index in [0.717, 1.165) is 11.8 Å². The zero-order valence-electron chi connectivity index (χ0n) is 11.0. The predicted molar refractivity (Wildman–Crippen MR) is 75.2 cm³/mol. The molecule has 19 heavy (non-hydrogen) atoms. The van der Waals surface area contributed by atoms with Crippen LogP contribution in [0.2, 0.25) is 0 Å². The van der Waals surface area contributed by atoms with Crippen LogP contribution in [0.25, 0.3) is 0 Å². The van der Waals surface area contributed by atoms with E-state index in [1.54, 1.807) is 31.2 Å². The van der Waals surface area contributed by atoms with Gasteiger partial charge in [-0.25, -0.2) is 0 Å². The summed E-state index contributed by atoms with van der Waals surface area (Å²) in [5.41, 5.74) is 1.12. The zero-order chi connectivity index (χ0) is 14.4.